The Labute approximate surface area is 164 Å². The Morgan fingerprint density at radius 2 is 1.86 bits per heavy atom. The van der Waals surface area contributed by atoms with E-state index in [2.05, 4.69) is 10.6 Å². The summed E-state index contributed by atoms with van der Waals surface area (Å²) >= 11 is 0. The molecule has 0 radical (unpaired) electrons. The minimum Gasteiger partial charge on any atom is -0.357 e. The van der Waals surface area contributed by atoms with E-state index in [0.717, 1.165) is 17.9 Å². The third-order valence-corrected chi connectivity index (χ3v) is 4.09. The lowest BCUT2D eigenvalue weighted by molar-refractivity contribution is -0.136. The molecule has 8 heteroatoms. The van der Waals surface area contributed by atoms with Gasteiger partial charge in [-0.3, -0.25) is 14.4 Å². The van der Waals surface area contributed by atoms with Crippen molar-refractivity contribution in [2.24, 2.45) is 0 Å². The third-order valence-electron chi connectivity index (χ3n) is 4.09. The molecule has 0 heterocycles. The Morgan fingerprint density at radius 3 is 2.46 bits per heavy atom. The Balaban J connectivity index is 2.93. The number of nitrogens with zero attached hydrogens (tertiary/aromatic N) is 1. The topological polar surface area (TPSA) is 113 Å². The van der Waals surface area contributed by atoms with Gasteiger partial charge in [0.1, 0.15) is 18.6 Å². The number of hydrogen-bond acceptors (Lipinski definition) is 6. The summed E-state index contributed by atoms with van der Waals surface area (Å²) in [4.78, 5) is 58.1. The lowest BCUT2D eigenvalue weighted by Gasteiger charge is -2.25. The van der Waals surface area contributed by atoms with E-state index in [0.29, 0.717) is 31.1 Å². The van der Waals surface area contributed by atoms with Crippen LogP contribution in [0.25, 0.3) is 0 Å². The summed E-state index contributed by atoms with van der Waals surface area (Å²) in [7, 11) is 2.88. The number of carbonyl (C=O) groups excluding carboxylic acids is 5. The molecule has 0 saturated carbocycles. The van der Waals surface area contributed by atoms with Gasteiger partial charge in [0, 0.05) is 38.7 Å². The highest BCUT2D eigenvalue weighted by Gasteiger charge is 2.25. The van der Waals surface area contributed by atoms with Crippen LogP contribution in [0.4, 0.5) is 5.69 Å². The van der Waals surface area contributed by atoms with Crippen molar-refractivity contribution in [2.45, 2.75) is 31.7 Å². The highest BCUT2D eigenvalue weighted by Crippen LogP contribution is 2.14. The van der Waals surface area contributed by atoms with E-state index in [1.54, 1.807) is 18.2 Å². The SMILES string of the molecule is CNC(=O)C(CCC=O)N(C)C(=O)/C=C(\C=O)Nc1cccc(CCC=O)c1. The van der Waals surface area contributed by atoms with Crippen molar-refractivity contribution < 1.29 is 24.0 Å². The van der Waals surface area contributed by atoms with Gasteiger partial charge >= 0.3 is 0 Å². The number of aryl methyl sites for hydroxylation is 1. The molecule has 0 bridgehead atoms. The van der Waals surface area contributed by atoms with Crippen LogP contribution in [0, 0.1) is 0 Å². The number of rotatable bonds is 12. The fraction of sp³-hybridized carbons (Fsp3) is 0.350. The molecule has 1 rings (SSSR count). The summed E-state index contributed by atoms with van der Waals surface area (Å²) < 4.78 is 0. The summed E-state index contributed by atoms with van der Waals surface area (Å²) in [6.45, 7) is 0. The molecule has 0 fully saturated rings. The first-order chi connectivity index (χ1) is 13.5. The maximum Gasteiger partial charge on any atom is 0.249 e. The Bertz CT molecular complexity index is 745. The molecule has 1 aromatic carbocycles. The number of allylic oxidation sites excluding steroid dienone is 1. The Hall–Kier alpha value is -3.29. The third kappa shape index (κ3) is 7.14. The van der Waals surface area contributed by atoms with Gasteiger partial charge in [0.05, 0.1) is 5.70 Å². The molecular weight excluding hydrogens is 362 g/mol. The van der Waals surface area contributed by atoms with Gasteiger partial charge in [0.15, 0.2) is 6.29 Å². The lowest BCUT2D eigenvalue weighted by atomic mass is 10.1. The quantitative estimate of drug-likeness (QED) is 0.406. The van der Waals surface area contributed by atoms with E-state index in [1.165, 1.54) is 19.0 Å². The van der Waals surface area contributed by atoms with Crippen molar-refractivity contribution in [3.8, 4) is 0 Å². The minimum atomic E-state index is -0.821. The van der Waals surface area contributed by atoms with E-state index in [9.17, 15) is 24.0 Å². The van der Waals surface area contributed by atoms with Crippen LogP contribution in [0.2, 0.25) is 0 Å². The zero-order chi connectivity index (χ0) is 20.9. The zero-order valence-electron chi connectivity index (χ0n) is 16.0. The van der Waals surface area contributed by atoms with Crippen molar-refractivity contribution in [3.05, 3.63) is 41.6 Å². The van der Waals surface area contributed by atoms with Crippen molar-refractivity contribution in [2.75, 3.05) is 19.4 Å². The average molecular weight is 387 g/mol. The van der Waals surface area contributed by atoms with Crippen LogP contribution in [0.15, 0.2) is 36.0 Å². The molecule has 1 atom stereocenters. The number of likely N-dealkylation sites (N-methyl/N-ethyl adjacent to an activating group) is 2. The number of anilines is 1. The van der Waals surface area contributed by atoms with Gasteiger partial charge < -0.3 is 25.1 Å². The van der Waals surface area contributed by atoms with Gasteiger partial charge in [-0.15, -0.1) is 0 Å². The van der Waals surface area contributed by atoms with Crippen LogP contribution in [-0.4, -0.2) is 55.7 Å². The van der Waals surface area contributed by atoms with Crippen LogP contribution in [0.1, 0.15) is 24.8 Å². The number of hydrogen-bond donors (Lipinski definition) is 2. The monoisotopic (exact) mass is 387 g/mol. The maximum atomic E-state index is 12.5. The maximum absolute atomic E-state index is 12.5. The fourth-order valence-corrected chi connectivity index (χ4v) is 2.58. The lowest BCUT2D eigenvalue weighted by Crippen LogP contribution is -2.46. The largest absolute Gasteiger partial charge is 0.357 e. The molecule has 0 saturated heterocycles. The van der Waals surface area contributed by atoms with Crippen LogP contribution in [0.3, 0.4) is 0 Å². The number of aldehydes is 3. The Kier molecular flexibility index (Phi) is 9.88. The first-order valence-corrected chi connectivity index (χ1v) is 8.85. The van der Waals surface area contributed by atoms with E-state index >= 15 is 0 Å². The van der Waals surface area contributed by atoms with Crippen molar-refractivity contribution in [3.63, 3.8) is 0 Å². The van der Waals surface area contributed by atoms with E-state index in [-0.39, 0.29) is 18.5 Å². The first-order valence-electron chi connectivity index (χ1n) is 8.85. The molecule has 2 N–H and O–H groups in total. The normalized spacial score (nSPS) is 11.9. The van der Waals surface area contributed by atoms with Gasteiger partial charge in [0.25, 0.3) is 0 Å². The van der Waals surface area contributed by atoms with E-state index in [1.807, 2.05) is 6.07 Å². The number of nitrogens with one attached hydrogen (secondary N) is 2. The molecule has 150 valence electrons. The van der Waals surface area contributed by atoms with Crippen LogP contribution < -0.4 is 10.6 Å². The molecule has 28 heavy (non-hydrogen) atoms. The highest BCUT2D eigenvalue weighted by molar-refractivity contribution is 5.97. The second kappa shape index (κ2) is 12.2. The predicted octanol–water partition coefficient (Wildman–Crippen LogP) is 0.865. The van der Waals surface area contributed by atoms with Crippen LogP contribution >= 0.6 is 0 Å². The van der Waals surface area contributed by atoms with Crippen LogP contribution in [-0.2, 0) is 30.4 Å². The van der Waals surface area contributed by atoms with Gasteiger partial charge in [-0.2, -0.15) is 0 Å². The average Bonchev–Trinajstić information content (AvgIpc) is 2.71. The molecule has 0 aliphatic rings. The summed E-state index contributed by atoms with van der Waals surface area (Å²) in [6, 6.07) is 6.33. The fourth-order valence-electron chi connectivity index (χ4n) is 2.58. The number of carbonyl (C=O) groups is 5. The van der Waals surface area contributed by atoms with Gasteiger partial charge in [-0.25, -0.2) is 0 Å². The number of amides is 2. The van der Waals surface area contributed by atoms with Crippen LogP contribution in [0.5, 0.6) is 0 Å². The summed E-state index contributed by atoms with van der Waals surface area (Å²) in [5.41, 5.74) is 1.54. The van der Waals surface area contributed by atoms with Gasteiger partial charge in [0.2, 0.25) is 11.8 Å². The molecule has 0 spiro atoms. The molecule has 8 nitrogen and oxygen atoms in total. The zero-order valence-corrected chi connectivity index (χ0v) is 16.0. The molecule has 1 aromatic rings. The van der Waals surface area contributed by atoms with Crippen molar-refractivity contribution in [1.29, 1.82) is 0 Å². The summed E-state index contributed by atoms with van der Waals surface area (Å²) in [5.74, 6) is -0.944. The smallest absolute Gasteiger partial charge is 0.249 e. The predicted molar refractivity (Wildman–Crippen MR) is 105 cm³/mol. The highest BCUT2D eigenvalue weighted by atomic mass is 16.2. The minimum absolute atomic E-state index is 0.0235. The van der Waals surface area contributed by atoms with E-state index in [4.69, 9.17) is 0 Å². The molecule has 0 aliphatic carbocycles. The first kappa shape index (κ1) is 22.8. The second-order valence-electron chi connectivity index (χ2n) is 6.07. The van der Waals surface area contributed by atoms with Crippen molar-refractivity contribution >= 4 is 36.4 Å². The van der Waals surface area contributed by atoms with Crippen molar-refractivity contribution in [1.82, 2.24) is 10.2 Å². The summed E-state index contributed by atoms with van der Waals surface area (Å²) in [6.07, 6.45) is 4.40. The molecular formula is C20H25N3O5. The standard InChI is InChI=1S/C20H25N3O5/c1-21-20(28)18(9-5-11-25)23(2)19(27)13-17(14-26)22-16-8-3-6-15(12-16)7-4-10-24/h3,6,8,10-14,18,22H,4-5,7,9H2,1-2H3,(H,21,28)/b17-13+. The molecule has 2 amide bonds. The van der Waals surface area contributed by atoms with E-state index < -0.39 is 17.9 Å². The molecule has 0 aliphatic heterocycles. The molecule has 1 unspecified atom stereocenters. The second-order valence-corrected chi connectivity index (χ2v) is 6.07. The Morgan fingerprint density at radius 1 is 1.14 bits per heavy atom. The summed E-state index contributed by atoms with van der Waals surface area (Å²) in [5, 5.41) is 5.32. The van der Waals surface area contributed by atoms with Gasteiger partial charge in [-0.1, -0.05) is 12.1 Å². The number of benzene rings is 1. The molecule has 0 aromatic heterocycles. The van der Waals surface area contributed by atoms with Gasteiger partial charge in [-0.05, 0) is 30.5 Å².